The van der Waals surface area contributed by atoms with Gasteiger partial charge in [0, 0.05) is 18.9 Å². The third-order valence-electron chi connectivity index (χ3n) is 4.62. The quantitative estimate of drug-likeness (QED) is 0.874. The van der Waals surface area contributed by atoms with E-state index in [4.69, 9.17) is 9.31 Å². The van der Waals surface area contributed by atoms with Gasteiger partial charge in [0.2, 0.25) is 0 Å². The van der Waals surface area contributed by atoms with Crippen molar-refractivity contribution in [3.8, 4) is 0 Å². The molecule has 0 aliphatic carbocycles. The van der Waals surface area contributed by atoms with Crippen LogP contribution in [0, 0.1) is 0 Å². The Balaban J connectivity index is 1.96. The molecule has 1 N–H and O–H groups in total. The summed E-state index contributed by atoms with van der Waals surface area (Å²) in [5, 5.41) is 3.19. The van der Waals surface area contributed by atoms with Crippen molar-refractivity contribution in [2.75, 3.05) is 13.6 Å². The van der Waals surface area contributed by atoms with Gasteiger partial charge in [-0.15, -0.1) is 0 Å². The molecule has 1 saturated heterocycles. The van der Waals surface area contributed by atoms with Gasteiger partial charge in [-0.1, -0.05) is 0 Å². The highest BCUT2D eigenvalue weighted by molar-refractivity contribution is 6.55. The number of nitrogens with zero attached hydrogens (tertiary/aromatic N) is 3. The molecular weight excluding hydrogens is 291 g/mol. The lowest BCUT2D eigenvalue weighted by molar-refractivity contribution is 0.00578. The van der Waals surface area contributed by atoms with Crippen LogP contribution in [0.25, 0.3) is 11.7 Å². The maximum Gasteiger partial charge on any atom is 0.491 e. The van der Waals surface area contributed by atoms with E-state index < -0.39 is 0 Å². The fourth-order valence-electron chi connectivity index (χ4n) is 2.56. The molecule has 0 unspecified atom stereocenters. The van der Waals surface area contributed by atoms with Crippen molar-refractivity contribution >= 4 is 18.8 Å². The first kappa shape index (κ1) is 16.2. The van der Waals surface area contributed by atoms with Gasteiger partial charge in [-0.2, -0.15) is 0 Å². The second-order valence-corrected chi connectivity index (χ2v) is 6.83. The average molecular weight is 314 g/mol. The van der Waals surface area contributed by atoms with Crippen LogP contribution in [-0.2, 0) is 9.31 Å². The molecule has 2 aromatic heterocycles. The van der Waals surface area contributed by atoms with Crippen LogP contribution in [-0.4, -0.2) is 46.3 Å². The van der Waals surface area contributed by atoms with Gasteiger partial charge in [0.25, 0.3) is 0 Å². The van der Waals surface area contributed by atoms with E-state index in [1.807, 2.05) is 23.8 Å². The first-order chi connectivity index (χ1) is 10.8. The first-order valence-electron chi connectivity index (χ1n) is 7.82. The maximum absolute atomic E-state index is 6.17. The predicted molar refractivity (Wildman–Crippen MR) is 91.0 cm³/mol. The molecule has 0 bridgehead atoms. The summed E-state index contributed by atoms with van der Waals surface area (Å²) < 4.78 is 14.3. The zero-order valence-corrected chi connectivity index (χ0v) is 14.3. The molecule has 0 atom stereocenters. The number of likely N-dealkylation sites (N-methyl/N-ethyl adjacent to an activating group) is 1. The minimum atomic E-state index is -0.375. The number of rotatable bonds is 4. The topological polar surface area (TPSA) is 60.7 Å². The zero-order chi connectivity index (χ0) is 16.7. The lowest BCUT2D eigenvalue weighted by Crippen LogP contribution is -2.41. The molecule has 3 heterocycles. The Bertz CT molecular complexity index is 723. The summed E-state index contributed by atoms with van der Waals surface area (Å²) in [5.74, 6) is 0. The molecule has 1 fully saturated rings. The first-order valence-corrected chi connectivity index (χ1v) is 7.82. The van der Waals surface area contributed by atoms with Crippen molar-refractivity contribution < 1.29 is 9.31 Å². The number of aromatic nitrogens is 3. The summed E-state index contributed by atoms with van der Waals surface area (Å²) in [6.45, 7) is 8.91. The fraction of sp³-hybridized carbons (Fsp3) is 0.500. The Morgan fingerprint density at radius 2 is 1.96 bits per heavy atom. The number of hydrogen-bond donors (Lipinski definition) is 1. The second kappa shape index (κ2) is 5.74. The van der Waals surface area contributed by atoms with Gasteiger partial charge in [0.15, 0.2) is 5.65 Å². The second-order valence-electron chi connectivity index (χ2n) is 6.83. The minimum Gasteiger partial charge on any atom is -0.400 e. The van der Waals surface area contributed by atoms with Crippen molar-refractivity contribution in [3.05, 3.63) is 36.0 Å². The Morgan fingerprint density at radius 1 is 1.26 bits per heavy atom. The predicted octanol–water partition coefficient (Wildman–Crippen LogP) is 1.96. The summed E-state index contributed by atoms with van der Waals surface area (Å²) in [5.41, 5.74) is 2.12. The van der Waals surface area contributed by atoms with Gasteiger partial charge in [-0.25, -0.2) is 4.98 Å². The van der Waals surface area contributed by atoms with E-state index in [9.17, 15) is 0 Å². The van der Waals surface area contributed by atoms with Crippen LogP contribution in [0.1, 0.15) is 33.4 Å². The van der Waals surface area contributed by atoms with Gasteiger partial charge in [-0.3, -0.25) is 9.38 Å². The largest absolute Gasteiger partial charge is 0.491 e. The van der Waals surface area contributed by atoms with Crippen LogP contribution >= 0.6 is 0 Å². The number of hydrogen-bond acceptors (Lipinski definition) is 5. The summed E-state index contributed by atoms with van der Waals surface area (Å²) >= 11 is 0. The van der Waals surface area contributed by atoms with Crippen molar-refractivity contribution in [3.63, 3.8) is 0 Å². The Labute approximate surface area is 137 Å². The van der Waals surface area contributed by atoms with Crippen molar-refractivity contribution in [2.24, 2.45) is 0 Å². The van der Waals surface area contributed by atoms with E-state index in [0.29, 0.717) is 6.54 Å². The normalized spacial score (nSPS) is 20.4. The molecule has 122 valence electrons. The highest BCUT2D eigenvalue weighted by Crippen LogP contribution is 2.38. The van der Waals surface area contributed by atoms with E-state index in [1.54, 1.807) is 12.4 Å². The average Bonchev–Trinajstić information content (AvgIpc) is 2.97. The minimum absolute atomic E-state index is 0.353. The van der Waals surface area contributed by atoms with Crippen molar-refractivity contribution in [2.45, 2.75) is 38.9 Å². The van der Waals surface area contributed by atoms with Crippen LogP contribution in [0.15, 0.2) is 30.3 Å². The van der Waals surface area contributed by atoms with Gasteiger partial charge in [0.05, 0.1) is 29.3 Å². The number of imidazole rings is 1. The molecule has 0 saturated carbocycles. The van der Waals surface area contributed by atoms with Crippen molar-refractivity contribution in [1.29, 1.82) is 0 Å². The molecule has 3 rings (SSSR count). The van der Waals surface area contributed by atoms with E-state index in [1.165, 1.54) is 0 Å². The van der Waals surface area contributed by atoms with E-state index >= 15 is 0 Å². The van der Waals surface area contributed by atoms with Gasteiger partial charge in [-0.05, 0) is 46.3 Å². The number of fused-ring (bicyclic) bond motifs is 1. The smallest absolute Gasteiger partial charge is 0.400 e. The third kappa shape index (κ3) is 2.92. The van der Waals surface area contributed by atoms with Crippen LogP contribution < -0.4 is 5.32 Å². The van der Waals surface area contributed by atoms with Gasteiger partial charge >= 0.3 is 7.12 Å². The van der Waals surface area contributed by atoms with Crippen LogP contribution in [0.4, 0.5) is 0 Å². The molecular formula is C16H23BN4O2. The van der Waals surface area contributed by atoms with E-state index in [-0.39, 0.29) is 18.3 Å². The van der Waals surface area contributed by atoms with Crippen molar-refractivity contribution in [1.82, 2.24) is 19.7 Å². The van der Waals surface area contributed by atoms with Gasteiger partial charge < -0.3 is 14.6 Å². The highest BCUT2D eigenvalue weighted by atomic mass is 16.7. The summed E-state index contributed by atoms with van der Waals surface area (Å²) in [4.78, 5) is 8.46. The standard InChI is InChI=1S/C16H23BN4O2/c1-15(2)16(3,4)23-17(22-15)12(9-18-5)8-13-10-20-14-11-19-6-7-21(13)14/h6-8,10-11,18H,9H2,1-5H3. The monoisotopic (exact) mass is 314 g/mol. The molecule has 1 aliphatic rings. The SMILES string of the molecule is CNCC(=Cc1cnc2cnccn12)B1OC(C)(C)C(C)(C)O1. The number of nitrogens with one attached hydrogen (secondary N) is 1. The summed E-state index contributed by atoms with van der Waals surface area (Å²) in [6.07, 6.45) is 9.29. The van der Waals surface area contributed by atoms with Gasteiger partial charge in [0.1, 0.15) is 0 Å². The summed E-state index contributed by atoms with van der Waals surface area (Å²) in [6, 6.07) is 0. The highest BCUT2D eigenvalue weighted by Gasteiger charge is 2.52. The molecule has 23 heavy (non-hydrogen) atoms. The van der Waals surface area contributed by atoms with E-state index in [0.717, 1.165) is 16.8 Å². The molecule has 7 heteroatoms. The lowest BCUT2D eigenvalue weighted by atomic mass is 9.77. The van der Waals surface area contributed by atoms with Crippen LogP contribution in [0.3, 0.4) is 0 Å². The Kier molecular flexibility index (Phi) is 4.04. The third-order valence-corrected chi connectivity index (χ3v) is 4.62. The fourth-order valence-corrected chi connectivity index (χ4v) is 2.56. The van der Waals surface area contributed by atoms with Crippen LogP contribution in [0.5, 0.6) is 0 Å². The van der Waals surface area contributed by atoms with E-state index in [2.05, 4.69) is 49.1 Å². The Hall–Kier alpha value is -1.70. The lowest BCUT2D eigenvalue weighted by Gasteiger charge is -2.32. The molecule has 6 nitrogen and oxygen atoms in total. The maximum atomic E-state index is 6.17. The molecule has 0 spiro atoms. The molecule has 1 aliphatic heterocycles. The van der Waals surface area contributed by atoms with Crippen LogP contribution in [0.2, 0.25) is 0 Å². The molecule has 0 amide bonds. The summed E-state index contributed by atoms with van der Waals surface area (Å²) in [7, 11) is 1.54. The Morgan fingerprint density at radius 3 is 2.61 bits per heavy atom. The molecule has 0 radical (unpaired) electrons. The zero-order valence-electron chi connectivity index (χ0n) is 14.3. The molecule has 2 aromatic rings. The molecule has 0 aromatic carbocycles.